The van der Waals surface area contributed by atoms with Crippen molar-refractivity contribution < 1.29 is 6.11 Å². The summed E-state index contributed by atoms with van der Waals surface area (Å²) in [6, 6.07) is 12.7. The molecule has 2 unspecified atom stereocenters. The van der Waals surface area contributed by atoms with Crippen molar-refractivity contribution in [1.82, 2.24) is 24.7 Å². The van der Waals surface area contributed by atoms with E-state index in [9.17, 15) is 0 Å². The van der Waals surface area contributed by atoms with Crippen LogP contribution in [0.4, 0.5) is 11.5 Å². The molecule has 2 fully saturated rings. The Kier molecular flexibility index (Phi) is 5.42. The second kappa shape index (κ2) is 9.40. The summed E-state index contributed by atoms with van der Waals surface area (Å²) >= 11 is 0. The minimum Gasteiger partial charge on any atom is -0.356 e. The van der Waals surface area contributed by atoms with Gasteiger partial charge in [0.15, 0.2) is 23.2 Å². The molecule has 0 radical (unpaired) electrons. The predicted molar refractivity (Wildman–Crippen MR) is 151 cm³/mol. The Hall–Kier alpha value is -3.32. The van der Waals surface area contributed by atoms with Crippen LogP contribution in [0.5, 0.6) is 0 Å². The molecule has 5 heterocycles. The Morgan fingerprint density at radius 2 is 1.87 bits per heavy atom. The van der Waals surface area contributed by atoms with Gasteiger partial charge in [0.1, 0.15) is 0 Å². The number of anilines is 2. The molecule has 2 aliphatic heterocycles. The van der Waals surface area contributed by atoms with Crippen LogP contribution in [0.1, 0.15) is 87.4 Å². The second-order valence-corrected chi connectivity index (χ2v) is 11.9. The number of ether oxygens (including phenoxy) is 1. The zero-order valence-corrected chi connectivity index (χ0v) is 22.4. The van der Waals surface area contributed by atoms with Crippen molar-refractivity contribution >= 4 is 22.7 Å². The van der Waals surface area contributed by atoms with Crippen molar-refractivity contribution in [3.63, 3.8) is 0 Å². The maximum atomic E-state index is 9.07. The molecule has 0 N–H and O–H groups in total. The molecule has 1 saturated heterocycles. The summed E-state index contributed by atoms with van der Waals surface area (Å²) in [5.74, 6) is 1.22. The van der Waals surface area contributed by atoms with E-state index >= 15 is 0 Å². The van der Waals surface area contributed by atoms with Crippen LogP contribution >= 0.6 is 0 Å². The molecular formula is C32H36N6O. The van der Waals surface area contributed by atoms with Crippen LogP contribution in [0.2, 0.25) is 0 Å². The molecule has 0 amide bonds. The molecule has 3 aromatic heterocycles. The maximum absolute atomic E-state index is 9.07. The first-order valence-electron chi connectivity index (χ1n) is 15.4. The fraction of sp³-hybridized carbons (Fsp3) is 0.500. The average Bonchev–Trinajstić information content (AvgIpc) is 3.52. The van der Waals surface area contributed by atoms with Gasteiger partial charge in [-0.15, -0.1) is 5.10 Å². The highest BCUT2D eigenvalue weighted by Crippen LogP contribution is 2.50. The Labute approximate surface area is 231 Å². The number of rotatable bonds is 3. The summed E-state index contributed by atoms with van der Waals surface area (Å²) in [5, 5.41) is 5.15. The summed E-state index contributed by atoms with van der Waals surface area (Å²) in [6.45, 7) is 1.65. The van der Waals surface area contributed by atoms with E-state index in [0.717, 1.165) is 111 Å². The number of benzene rings is 1. The van der Waals surface area contributed by atoms with E-state index in [1.807, 2.05) is 23.1 Å². The molecule has 1 aromatic carbocycles. The van der Waals surface area contributed by atoms with Gasteiger partial charge in [-0.25, -0.2) is 14.6 Å². The van der Waals surface area contributed by atoms with Crippen LogP contribution < -0.4 is 4.90 Å². The van der Waals surface area contributed by atoms with Crippen LogP contribution in [0.3, 0.4) is 0 Å². The predicted octanol–water partition coefficient (Wildman–Crippen LogP) is 6.45. The first-order valence-corrected chi connectivity index (χ1v) is 14.8. The van der Waals surface area contributed by atoms with Crippen LogP contribution in [0.15, 0.2) is 48.8 Å². The summed E-state index contributed by atoms with van der Waals surface area (Å²) in [6.07, 6.45) is 14.1. The molecule has 0 bridgehead atoms. The van der Waals surface area contributed by atoms with Gasteiger partial charge in [0.05, 0.1) is 17.1 Å². The molecule has 7 heteroatoms. The van der Waals surface area contributed by atoms with E-state index in [2.05, 4.69) is 40.2 Å². The molecule has 1 spiro atoms. The van der Waals surface area contributed by atoms with Crippen molar-refractivity contribution in [3.8, 4) is 0 Å². The minimum atomic E-state index is -0.118. The monoisotopic (exact) mass is 521 g/mol. The number of aromatic nitrogens is 5. The van der Waals surface area contributed by atoms with Crippen LogP contribution in [-0.4, -0.2) is 37.9 Å². The molecule has 2 atom stereocenters. The maximum Gasteiger partial charge on any atom is 0.183 e. The van der Waals surface area contributed by atoms with Crippen molar-refractivity contribution in [1.29, 1.82) is 0 Å². The molecule has 1 saturated carbocycles. The molecule has 4 aliphatic rings. The minimum absolute atomic E-state index is 0.0677. The zero-order valence-electron chi connectivity index (χ0n) is 23.4. The number of pyridine rings is 1. The Bertz CT molecular complexity index is 1550. The van der Waals surface area contributed by atoms with Crippen molar-refractivity contribution in [3.05, 3.63) is 71.3 Å². The SMILES string of the molecule is [2H]C1c2ccccc2CC12CCC(c1cnc3c(N4CCCc5ncccc54)nn(C4CCCCO4)c3n1)CC2. The van der Waals surface area contributed by atoms with Gasteiger partial charge in [-0.1, -0.05) is 24.3 Å². The van der Waals surface area contributed by atoms with Gasteiger partial charge in [-0.3, -0.25) is 4.98 Å². The van der Waals surface area contributed by atoms with Crippen molar-refractivity contribution in [2.24, 2.45) is 5.41 Å². The van der Waals surface area contributed by atoms with Crippen molar-refractivity contribution in [2.75, 3.05) is 18.1 Å². The normalized spacial score (nSPS) is 28.9. The Morgan fingerprint density at radius 1 is 0.974 bits per heavy atom. The molecule has 7 nitrogen and oxygen atoms in total. The highest BCUT2D eigenvalue weighted by atomic mass is 16.5. The first-order chi connectivity index (χ1) is 19.7. The average molecular weight is 522 g/mol. The molecule has 2 aliphatic carbocycles. The largest absolute Gasteiger partial charge is 0.356 e. The lowest BCUT2D eigenvalue weighted by Crippen LogP contribution is -2.28. The van der Waals surface area contributed by atoms with E-state index in [1.54, 1.807) is 0 Å². The third-order valence-electron chi connectivity index (χ3n) is 9.50. The van der Waals surface area contributed by atoms with Gasteiger partial charge in [0.2, 0.25) is 0 Å². The highest BCUT2D eigenvalue weighted by Gasteiger charge is 2.41. The number of hydrogen-bond donors (Lipinski definition) is 0. The third kappa shape index (κ3) is 4.05. The second-order valence-electron chi connectivity index (χ2n) is 11.9. The Balaban J connectivity index is 1.13. The molecule has 8 rings (SSSR count). The van der Waals surface area contributed by atoms with Gasteiger partial charge in [0.25, 0.3) is 0 Å². The van der Waals surface area contributed by atoms with Gasteiger partial charge < -0.3 is 9.64 Å². The molecule has 39 heavy (non-hydrogen) atoms. The molecule has 200 valence electrons. The van der Waals surface area contributed by atoms with Crippen LogP contribution in [0, 0.1) is 5.41 Å². The molecular weight excluding hydrogens is 484 g/mol. The van der Waals surface area contributed by atoms with Gasteiger partial charge in [-0.05, 0) is 99.3 Å². The smallest absolute Gasteiger partial charge is 0.183 e. The van der Waals surface area contributed by atoms with Crippen LogP contribution in [-0.2, 0) is 24.0 Å². The third-order valence-corrected chi connectivity index (χ3v) is 9.50. The zero-order chi connectivity index (χ0) is 26.7. The number of aryl methyl sites for hydroxylation is 1. The summed E-state index contributed by atoms with van der Waals surface area (Å²) in [7, 11) is 0. The highest BCUT2D eigenvalue weighted by molar-refractivity contribution is 5.87. The topological polar surface area (TPSA) is 69.0 Å². The number of fused-ring (bicyclic) bond motifs is 3. The quantitative estimate of drug-likeness (QED) is 0.309. The number of nitrogens with zero attached hydrogens (tertiary/aromatic N) is 6. The summed E-state index contributed by atoms with van der Waals surface area (Å²) < 4.78 is 17.3. The lowest BCUT2D eigenvalue weighted by molar-refractivity contribution is -0.0369. The van der Waals surface area contributed by atoms with E-state index in [0.29, 0.717) is 5.92 Å². The summed E-state index contributed by atoms with van der Waals surface area (Å²) in [4.78, 5) is 17.3. The fourth-order valence-corrected chi connectivity index (χ4v) is 7.42. The lowest BCUT2D eigenvalue weighted by Gasteiger charge is -2.37. The van der Waals surface area contributed by atoms with Crippen molar-refractivity contribution in [2.45, 2.75) is 82.8 Å². The van der Waals surface area contributed by atoms with Gasteiger partial charge >= 0.3 is 0 Å². The van der Waals surface area contributed by atoms with E-state index < -0.39 is 0 Å². The first kappa shape index (κ1) is 22.5. The standard InChI is InChI=1S/C32H36N6O/c1-2-8-24-20-32(19-23(24)7-1)14-12-22(13-15-32)26-21-34-29-30(35-26)38(28-11-3-4-18-39-28)36-31(29)37-17-6-9-25-27(37)10-5-16-33-25/h1-2,5,7-8,10,16,21-22,28H,3-4,6,9,11-15,17-20H2/i19D. The fourth-order valence-electron chi connectivity index (χ4n) is 7.42. The number of hydrogen-bond acceptors (Lipinski definition) is 6. The molecule has 4 aromatic rings. The van der Waals surface area contributed by atoms with Gasteiger partial charge in [0, 0.05) is 32.8 Å². The van der Waals surface area contributed by atoms with Crippen LogP contribution in [0.25, 0.3) is 11.2 Å². The van der Waals surface area contributed by atoms with E-state index in [-0.39, 0.29) is 18.0 Å². The lowest BCUT2D eigenvalue weighted by atomic mass is 9.68. The Morgan fingerprint density at radius 3 is 2.72 bits per heavy atom. The van der Waals surface area contributed by atoms with E-state index in [1.165, 1.54) is 11.1 Å². The summed E-state index contributed by atoms with van der Waals surface area (Å²) in [5.41, 5.74) is 7.66. The van der Waals surface area contributed by atoms with Gasteiger partial charge in [-0.2, -0.15) is 0 Å². The van der Waals surface area contributed by atoms with E-state index in [4.69, 9.17) is 21.2 Å².